The third-order valence-electron chi connectivity index (χ3n) is 1.67. The molecule has 4 nitrogen and oxygen atoms in total. The molecular formula is C11H11N3O. The number of carbonyl (C=O) groups is 1. The van der Waals surface area contributed by atoms with Crippen molar-refractivity contribution < 1.29 is 4.79 Å². The third kappa shape index (κ3) is 3.53. The van der Waals surface area contributed by atoms with Crippen molar-refractivity contribution in [3.05, 3.63) is 29.8 Å². The minimum atomic E-state index is 0.162. The van der Waals surface area contributed by atoms with Gasteiger partial charge in [-0.2, -0.15) is 5.10 Å². The van der Waals surface area contributed by atoms with Crippen LogP contribution in [0.25, 0.3) is 0 Å². The van der Waals surface area contributed by atoms with E-state index in [1.54, 1.807) is 30.5 Å². The molecule has 15 heavy (non-hydrogen) atoms. The molecule has 1 aromatic rings. The number of benzene rings is 1. The Kier molecular flexibility index (Phi) is 3.92. The quantitative estimate of drug-likeness (QED) is 0.256. The topological polar surface area (TPSA) is 58.7 Å². The summed E-state index contributed by atoms with van der Waals surface area (Å²) in [7, 11) is 0. The number of hydrogen-bond acceptors (Lipinski definition) is 3. The van der Waals surface area contributed by atoms with E-state index < -0.39 is 0 Å². The van der Waals surface area contributed by atoms with Crippen LogP contribution in [0.2, 0.25) is 0 Å². The summed E-state index contributed by atoms with van der Waals surface area (Å²) in [5, 5.41) is 5.02. The Hall–Kier alpha value is -2.28. The molecule has 0 aliphatic rings. The fourth-order valence-electron chi connectivity index (χ4n) is 0.922. The summed E-state index contributed by atoms with van der Waals surface area (Å²) >= 11 is 0. The molecule has 0 fully saturated rings. The number of nitrogen functional groups attached to an aromatic ring is 1. The molecule has 1 rings (SSSR count). The molecule has 76 valence electrons. The van der Waals surface area contributed by atoms with Crippen LogP contribution in [0.3, 0.4) is 0 Å². The first-order valence-corrected chi connectivity index (χ1v) is 4.31. The summed E-state index contributed by atoms with van der Waals surface area (Å²) in [5.41, 5.74) is 7.06. The summed E-state index contributed by atoms with van der Waals surface area (Å²) in [4.78, 5) is 10.5. The van der Waals surface area contributed by atoms with E-state index in [2.05, 4.69) is 11.0 Å². The summed E-state index contributed by atoms with van der Waals surface area (Å²) in [6.07, 6.45) is 7.18. The van der Waals surface area contributed by atoms with Gasteiger partial charge in [0, 0.05) is 5.69 Å². The van der Waals surface area contributed by atoms with Crippen LogP contribution in [0.4, 0.5) is 5.69 Å². The van der Waals surface area contributed by atoms with E-state index in [0.717, 1.165) is 10.6 Å². The van der Waals surface area contributed by atoms with Gasteiger partial charge in [-0.3, -0.25) is 4.79 Å². The number of amides is 1. The zero-order valence-corrected chi connectivity index (χ0v) is 8.13. The van der Waals surface area contributed by atoms with Crippen molar-refractivity contribution in [3.63, 3.8) is 0 Å². The van der Waals surface area contributed by atoms with Crippen molar-refractivity contribution in [1.82, 2.24) is 5.01 Å². The Balaban J connectivity index is 2.68. The second kappa shape index (κ2) is 5.45. The highest BCUT2D eigenvalue weighted by Gasteiger charge is 1.93. The van der Waals surface area contributed by atoms with Gasteiger partial charge < -0.3 is 5.73 Å². The Morgan fingerprint density at radius 3 is 2.67 bits per heavy atom. The van der Waals surface area contributed by atoms with Crippen molar-refractivity contribution in [3.8, 4) is 12.3 Å². The van der Waals surface area contributed by atoms with Crippen molar-refractivity contribution in [1.29, 1.82) is 0 Å². The van der Waals surface area contributed by atoms with Crippen LogP contribution >= 0.6 is 0 Å². The number of rotatable bonds is 4. The number of nitrogens with zero attached hydrogens (tertiary/aromatic N) is 2. The molecule has 1 amide bonds. The van der Waals surface area contributed by atoms with Crippen LogP contribution < -0.4 is 5.73 Å². The number of nitrogens with two attached hydrogens (primary N) is 1. The van der Waals surface area contributed by atoms with Gasteiger partial charge in [-0.15, -0.1) is 6.42 Å². The molecule has 0 bridgehead atoms. The van der Waals surface area contributed by atoms with Gasteiger partial charge in [0.15, 0.2) is 0 Å². The number of terminal acetylenes is 1. The molecule has 0 saturated carbocycles. The lowest BCUT2D eigenvalue weighted by molar-refractivity contribution is -0.117. The Morgan fingerprint density at radius 2 is 2.13 bits per heavy atom. The lowest BCUT2D eigenvalue weighted by Gasteiger charge is -2.05. The molecule has 0 atom stereocenters. The molecule has 1 aromatic carbocycles. The Morgan fingerprint density at radius 1 is 1.47 bits per heavy atom. The first kappa shape index (κ1) is 10.8. The fraction of sp³-hybridized carbons (Fsp3) is 0.0909. The first-order valence-electron chi connectivity index (χ1n) is 4.31. The van der Waals surface area contributed by atoms with Gasteiger partial charge in [0.1, 0.15) is 6.54 Å². The van der Waals surface area contributed by atoms with Gasteiger partial charge in [0.2, 0.25) is 6.41 Å². The summed E-state index contributed by atoms with van der Waals surface area (Å²) in [6.45, 7) is 0.162. The first-order chi connectivity index (χ1) is 7.26. The van der Waals surface area contributed by atoms with Crippen molar-refractivity contribution in [2.45, 2.75) is 0 Å². The zero-order valence-electron chi connectivity index (χ0n) is 8.13. The van der Waals surface area contributed by atoms with Crippen LogP contribution in [0, 0.1) is 12.3 Å². The molecule has 0 heterocycles. The third-order valence-corrected chi connectivity index (χ3v) is 1.67. The summed E-state index contributed by atoms with van der Waals surface area (Å²) in [5.74, 6) is 2.33. The second-order valence-corrected chi connectivity index (χ2v) is 2.82. The number of hydrogen-bond donors (Lipinski definition) is 1. The minimum absolute atomic E-state index is 0.162. The molecule has 0 radical (unpaired) electrons. The highest BCUT2D eigenvalue weighted by atomic mass is 16.1. The van der Waals surface area contributed by atoms with Crippen molar-refractivity contribution in [2.75, 3.05) is 12.3 Å². The zero-order chi connectivity index (χ0) is 11.1. The molecular weight excluding hydrogens is 190 g/mol. The molecule has 2 N–H and O–H groups in total. The van der Waals surface area contributed by atoms with Gasteiger partial charge in [-0.25, -0.2) is 5.01 Å². The second-order valence-electron chi connectivity index (χ2n) is 2.82. The van der Waals surface area contributed by atoms with E-state index in [1.807, 2.05) is 0 Å². The smallest absolute Gasteiger partial charge is 0.230 e. The number of hydrazone groups is 1. The summed E-state index contributed by atoms with van der Waals surface area (Å²) in [6, 6.07) is 7.12. The van der Waals surface area contributed by atoms with E-state index >= 15 is 0 Å². The maximum atomic E-state index is 10.5. The van der Waals surface area contributed by atoms with Gasteiger partial charge >= 0.3 is 0 Å². The maximum Gasteiger partial charge on any atom is 0.230 e. The van der Waals surface area contributed by atoms with Crippen LogP contribution in [0.15, 0.2) is 29.4 Å². The number of anilines is 1. The lowest BCUT2D eigenvalue weighted by atomic mass is 10.2. The van der Waals surface area contributed by atoms with E-state index in [4.69, 9.17) is 12.2 Å². The minimum Gasteiger partial charge on any atom is -0.399 e. The standard InChI is InChI=1S/C11H11N3O/c1-2-7-14(9-15)13-8-10-3-5-11(12)6-4-10/h1,3-6,8-9H,7,12H2/b13-8+. The van der Waals surface area contributed by atoms with E-state index in [1.165, 1.54) is 0 Å². The van der Waals surface area contributed by atoms with Crippen molar-refractivity contribution in [2.24, 2.45) is 5.10 Å². The van der Waals surface area contributed by atoms with E-state index in [0.29, 0.717) is 12.1 Å². The highest BCUT2D eigenvalue weighted by molar-refractivity contribution is 5.80. The Labute approximate surface area is 88.4 Å². The monoisotopic (exact) mass is 201 g/mol. The maximum absolute atomic E-state index is 10.5. The van der Waals surface area contributed by atoms with Gasteiger partial charge in [0.25, 0.3) is 0 Å². The van der Waals surface area contributed by atoms with E-state index in [9.17, 15) is 4.79 Å². The van der Waals surface area contributed by atoms with Crippen LogP contribution in [-0.4, -0.2) is 24.2 Å². The molecule has 0 spiro atoms. The molecule has 4 heteroatoms. The molecule has 0 saturated heterocycles. The normalized spacial score (nSPS) is 9.80. The summed E-state index contributed by atoms with van der Waals surface area (Å²) < 4.78 is 0. The predicted molar refractivity (Wildman–Crippen MR) is 60.1 cm³/mol. The van der Waals surface area contributed by atoms with Crippen LogP contribution in [0.5, 0.6) is 0 Å². The molecule has 0 aliphatic heterocycles. The highest BCUT2D eigenvalue weighted by Crippen LogP contribution is 2.03. The number of carbonyl (C=O) groups excluding carboxylic acids is 1. The largest absolute Gasteiger partial charge is 0.399 e. The average Bonchev–Trinajstić information content (AvgIpc) is 2.26. The van der Waals surface area contributed by atoms with Gasteiger partial charge in [-0.05, 0) is 17.7 Å². The molecule has 0 unspecified atom stereocenters. The molecule has 0 aliphatic carbocycles. The van der Waals surface area contributed by atoms with Crippen LogP contribution in [0.1, 0.15) is 5.56 Å². The fourth-order valence-corrected chi connectivity index (χ4v) is 0.922. The SMILES string of the molecule is C#CCN(C=O)/N=C/c1ccc(N)cc1. The Bertz CT molecular complexity index is 389. The molecule has 0 aromatic heterocycles. The predicted octanol–water partition coefficient (Wildman–Crippen LogP) is 0.694. The van der Waals surface area contributed by atoms with Gasteiger partial charge in [0.05, 0.1) is 6.21 Å². The van der Waals surface area contributed by atoms with Crippen molar-refractivity contribution >= 4 is 18.3 Å². The average molecular weight is 201 g/mol. The van der Waals surface area contributed by atoms with E-state index in [-0.39, 0.29) is 6.54 Å². The van der Waals surface area contributed by atoms with Gasteiger partial charge in [-0.1, -0.05) is 18.1 Å². The van der Waals surface area contributed by atoms with Crippen LogP contribution in [-0.2, 0) is 4.79 Å². The lowest BCUT2D eigenvalue weighted by Crippen LogP contribution is -2.15.